The highest BCUT2D eigenvalue weighted by atomic mass is 19.4. The molecule has 0 spiro atoms. The predicted octanol–water partition coefficient (Wildman–Crippen LogP) is 4.03. The summed E-state index contributed by atoms with van der Waals surface area (Å²) in [6, 6.07) is 8.70. The number of rotatable bonds is 8. The van der Waals surface area contributed by atoms with Crippen molar-refractivity contribution >= 4 is 11.6 Å². The van der Waals surface area contributed by atoms with Crippen molar-refractivity contribution in [1.29, 1.82) is 0 Å². The van der Waals surface area contributed by atoms with E-state index in [0.717, 1.165) is 25.0 Å². The zero-order valence-electron chi connectivity index (χ0n) is 13.5. The molecule has 0 aliphatic rings. The molecular weight excluding hydrogens is 331 g/mol. The number of aromatic nitrogens is 1. The standard InChI is InChI=1S/C18H19F3N3O/c19-18(20,21)14-8-4-7-13(12-14)6-2-1-3-10-23-15-9-5-11-24-16(15)17(22)25/h4-9,11-12,23H,1-3,10H2,(H2,22,25). The van der Waals surface area contributed by atoms with Gasteiger partial charge in [-0.3, -0.25) is 4.79 Å². The number of nitrogens with two attached hydrogens (primary N) is 1. The van der Waals surface area contributed by atoms with E-state index >= 15 is 0 Å². The van der Waals surface area contributed by atoms with E-state index in [1.807, 2.05) is 0 Å². The average Bonchev–Trinajstić information content (AvgIpc) is 2.57. The zero-order valence-corrected chi connectivity index (χ0v) is 13.5. The summed E-state index contributed by atoms with van der Waals surface area (Å²) in [5, 5.41) is 3.10. The number of halogens is 3. The normalized spacial score (nSPS) is 11.3. The predicted molar refractivity (Wildman–Crippen MR) is 89.9 cm³/mol. The van der Waals surface area contributed by atoms with Gasteiger partial charge in [-0.05, 0) is 43.0 Å². The first kappa shape index (κ1) is 18.8. The quantitative estimate of drug-likeness (QED) is 0.706. The number of benzene rings is 1. The molecule has 2 rings (SSSR count). The molecule has 1 aromatic heterocycles. The molecule has 1 amide bonds. The van der Waals surface area contributed by atoms with E-state index in [1.165, 1.54) is 12.3 Å². The maximum Gasteiger partial charge on any atom is 0.416 e. The number of alkyl halides is 3. The third kappa shape index (κ3) is 5.77. The van der Waals surface area contributed by atoms with Gasteiger partial charge in [0.2, 0.25) is 0 Å². The minimum atomic E-state index is -4.32. The van der Waals surface area contributed by atoms with Gasteiger partial charge in [0.15, 0.2) is 5.69 Å². The highest BCUT2D eigenvalue weighted by molar-refractivity contribution is 5.96. The number of hydrogen-bond donors (Lipinski definition) is 2. The molecule has 4 nitrogen and oxygen atoms in total. The molecule has 133 valence electrons. The first-order chi connectivity index (χ1) is 11.9. The first-order valence-electron chi connectivity index (χ1n) is 7.87. The minimum Gasteiger partial charge on any atom is -0.383 e. The molecule has 0 aliphatic carbocycles. The molecule has 0 fully saturated rings. The van der Waals surface area contributed by atoms with Gasteiger partial charge in [0.1, 0.15) is 0 Å². The lowest BCUT2D eigenvalue weighted by molar-refractivity contribution is -0.137. The van der Waals surface area contributed by atoms with Gasteiger partial charge < -0.3 is 11.1 Å². The molecule has 0 saturated carbocycles. The van der Waals surface area contributed by atoms with Crippen LogP contribution in [-0.2, 0) is 6.18 Å². The Hall–Kier alpha value is -2.57. The molecule has 2 aromatic rings. The van der Waals surface area contributed by atoms with Gasteiger partial charge in [-0.1, -0.05) is 24.6 Å². The maximum absolute atomic E-state index is 12.6. The van der Waals surface area contributed by atoms with Crippen LogP contribution in [0.25, 0.3) is 0 Å². The highest BCUT2D eigenvalue weighted by Gasteiger charge is 2.30. The molecule has 7 heteroatoms. The van der Waals surface area contributed by atoms with Gasteiger partial charge in [0.05, 0.1) is 11.3 Å². The van der Waals surface area contributed by atoms with Crippen LogP contribution in [-0.4, -0.2) is 17.4 Å². The second-order valence-corrected chi connectivity index (χ2v) is 5.51. The number of anilines is 1. The zero-order chi connectivity index (χ0) is 18.3. The van der Waals surface area contributed by atoms with Crippen LogP contribution in [0.3, 0.4) is 0 Å². The Balaban J connectivity index is 1.73. The number of nitrogens with zero attached hydrogens (tertiary/aromatic N) is 1. The first-order valence-corrected chi connectivity index (χ1v) is 7.87. The van der Waals surface area contributed by atoms with Crippen LogP contribution in [0.15, 0.2) is 42.6 Å². The fourth-order valence-corrected chi connectivity index (χ4v) is 2.35. The van der Waals surface area contributed by atoms with E-state index < -0.39 is 17.6 Å². The molecule has 0 saturated heterocycles. The van der Waals surface area contributed by atoms with Crippen molar-refractivity contribution in [2.24, 2.45) is 5.73 Å². The Morgan fingerprint density at radius 2 is 2.00 bits per heavy atom. The topological polar surface area (TPSA) is 68.0 Å². The van der Waals surface area contributed by atoms with Crippen LogP contribution in [0.1, 0.15) is 40.9 Å². The molecule has 0 bridgehead atoms. The van der Waals surface area contributed by atoms with Crippen molar-refractivity contribution in [2.45, 2.75) is 25.4 Å². The SMILES string of the molecule is NC(=O)c1ncccc1NCCCC[CH]c1cccc(C(F)(F)F)c1. The van der Waals surface area contributed by atoms with Crippen LogP contribution in [0.5, 0.6) is 0 Å². The molecule has 1 radical (unpaired) electrons. The van der Waals surface area contributed by atoms with E-state index in [2.05, 4.69) is 10.3 Å². The van der Waals surface area contributed by atoms with Crippen molar-refractivity contribution in [3.05, 3.63) is 65.8 Å². The molecule has 1 aromatic carbocycles. The number of hydrogen-bond acceptors (Lipinski definition) is 3. The summed E-state index contributed by atoms with van der Waals surface area (Å²) >= 11 is 0. The fraction of sp³-hybridized carbons (Fsp3) is 0.278. The summed E-state index contributed by atoms with van der Waals surface area (Å²) in [7, 11) is 0. The Morgan fingerprint density at radius 3 is 2.72 bits per heavy atom. The number of primary amides is 1. The second kappa shape index (κ2) is 8.50. The van der Waals surface area contributed by atoms with Gasteiger partial charge in [-0.15, -0.1) is 0 Å². The highest BCUT2D eigenvalue weighted by Crippen LogP contribution is 2.30. The van der Waals surface area contributed by atoms with Crippen molar-refractivity contribution in [2.75, 3.05) is 11.9 Å². The Kier molecular flexibility index (Phi) is 6.38. The molecule has 3 N–H and O–H groups in total. The minimum absolute atomic E-state index is 0.193. The number of amides is 1. The lowest BCUT2D eigenvalue weighted by Crippen LogP contribution is -2.16. The van der Waals surface area contributed by atoms with Crippen molar-refractivity contribution in [3.63, 3.8) is 0 Å². The van der Waals surface area contributed by atoms with Crippen LogP contribution < -0.4 is 11.1 Å². The molecular formula is C18H19F3N3O. The van der Waals surface area contributed by atoms with Crippen LogP contribution in [0.2, 0.25) is 0 Å². The van der Waals surface area contributed by atoms with Crippen LogP contribution in [0.4, 0.5) is 18.9 Å². The molecule has 0 atom stereocenters. The maximum atomic E-state index is 12.6. The summed E-state index contributed by atoms with van der Waals surface area (Å²) in [5.74, 6) is -0.596. The van der Waals surface area contributed by atoms with E-state index in [4.69, 9.17) is 5.73 Å². The number of carbonyl (C=O) groups is 1. The smallest absolute Gasteiger partial charge is 0.383 e. The number of unbranched alkanes of at least 4 members (excludes halogenated alkanes) is 2. The summed E-state index contributed by atoms with van der Waals surface area (Å²) < 4.78 is 37.9. The summed E-state index contributed by atoms with van der Waals surface area (Å²) in [4.78, 5) is 15.2. The second-order valence-electron chi connectivity index (χ2n) is 5.51. The van der Waals surface area contributed by atoms with Crippen molar-refractivity contribution < 1.29 is 18.0 Å². The van der Waals surface area contributed by atoms with Gasteiger partial charge in [-0.2, -0.15) is 13.2 Å². The summed E-state index contributed by atoms with van der Waals surface area (Å²) in [6.07, 6.45) is 1.22. The monoisotopic (exact) mass is 350 g/mol. The van der Waals surface area contributed by atoms with E-state index in [0.29, 0.717) is 24.2 Å². The van der Waals surface area contributed by atoms with Gasteiger partial charge >= 0.3 is 6.18 Å². The van der Waals surface area contributed by atoms with E-state index in [1.54, 1.807) is 24.6 Å². The Morgan fingerprint density at radius 1 is 1.20 bits per heavy atom. The lowest BCUT2D eigenvalue weighted by Gasteiger charge is -2.10. The van der Waals surface area contributed by atoms with Crippen molar-refractivity contribution in [3.8, 4) is 0 Å². The van der Waals surface area contributed by atoms with Crippen LogP contribution in [0, 0.1) is 6.42 Å². The summed E-state index contributed by atoms with van der Waals surface area (Å²) in [6.45, 7) is 0.613. The van der Waals surface area contributed by atoms with Gasteiger partial charge in [0.25, 0.3) is 5.91 Å². The summed E-state index contributed by atoms with van der Waals surface area (Å²) in [5.41, 5.74) is 5.94. The van der Waals surface area contributed by atoms with Crippen molar-refractivity contribution in [1.82, 2.24) is 4.98 Å². The Bertz CT molecular complexity index is 717. The molecule has 1 heterocycles. The largest absolute Gasteiger partial charge is 0.416 e. The van der Waals surface area contributed by atoms with Gasteiger partial charge in [-0.25, -0.2) is 4.98 Å². The number of pyridine rings is 1. The average molecular weight is 350 g/mol. The number of carbonyl (C=O) groups excluding carboxylic acids is 1. The van der Waals surface area contributed by atoms with E-state index in [9.17, 15) is 18.0 Å². The van der Waals surface area contributed by atoms with Crippen LogP contribution >= 0.6 is 0 Å². The van der Waals surface area contributed by atoms with E-state index in [-0.39, 0.29) is 5.69 Å². The third-order valence-corrected chi connectivity index (χ3v) is 3.58. The third-order valence-electron chi connectivity index (χ3n) is 3.58. The molecule has 25 heavy (non-hydrogen) atoms. The van der Waals surface area contributed by atoms with Gasteiger partial charge in [0, 0.05) is 12.7 Å². The number of nitrogens with one attached hydrogen (secondary N) is 1. The lowest BCUT2D eigenvalue weighted by atomic mass is 10.0. The Labute approximate surface area is 144 Å². The molecule has 0 aliphatic heterocycles. The fourth-order valence-electron chi connectivity index (χ4n) is 2.35. The molecule has 0 unspecified atom stereocenters.